The summed E-state index contributed by atoms with van der Waals surface area (Å²) in [5, 5.41) is 21.1. The second-order valence-corrected chi connectivity index (χ2v) is 6.09. The summed E-state index contributed by atoms with van der Waals surface area (Å²) in [6.07, 6.45) is -0.385. The van der Waals surface area contributed by atoms with Crippen molar-refractivity contribution in [2.45, 2.75) is 25.1 Å². The number of hydrogen-bond acceptors (Lipinski definition) is 5. The highest BCUT2D eigenvalue weighted by molar-refractivity contribution is 5.74. The van der Waals surface area contributed by atoms with Crippen LogP contribution in [0.15, 0.2) is 29.2 Å². The molecule has 2 aromatic heterocycles. The molecule has 1 fully saturated rings. The van der Waals surface area contributed by atoms with E-state index in [1.807, 2.05) is 4.90 Å². The lowest BCUT2D eigenvalue weighted by molar-refractivity contribution is 0.0394. The van der Waals surface area contributed by atoms with Crippen molar-refractivity contribution in [3.05, 3.63) is 40.6 Å². The second-order valence-electron chi connectivity index (χ2n) is 6.09. The van der Waals surface area contributed by atoms with Crippen LogP contribution < -0.4 is 10.9 Å². The van der Waals surface area contributed by atoms with Crippen molar-refractivity contribution < 1.29 is 19.4 Å². The van der Waals surface area contributed by atoms with Crippen LogP contribution in [-0.2, 0) is 6.54 Å². The summed E-state index contributed by atoms with van der Waals surface area (Å²) in [6, 6.07) is 3.74. The van der Waals surface area contributed by atoms with Gasteiger partial charge in [0.1, 0.15) is 5.82 Å². The van der Waals surface area contributed by atoms with Gasteiger partial charge < -0.3 is 20.1 Å². The lowest BCUT2D eigenvalue weighted by atomic mass is 10.0. The fourth-order valence-corrected chi connectivity index (χ4v) is 3.14. The van der Waals surface area contributed by atoms with Crippen LogP contribution in [0.25, 0.3) is 11.0 Å². The molecule has 1 aliphatic rings. The van der Waals surface area contributed by atoms with Gasteiger partial charge in [0.25, 0.3) is 5.56 Å². The van der Waals surface area contributed by atoms with Crippen LogP contribution in [-0.4, -0.2) is 62.5 Å². The summed E-state index contributed by atoms with van der Waals surface area (Å²) in [6.45, 7) is 1.70. The van der Waals surface area contributed by atoms with E-state index in [-0.39, 0.29) is 5.56 Å². The minimum atomic E-state index is -1.16. The number of piperidine rings is 1. The van der Waals surface area contributed by atoms with E-state index >= 15 is 0 Å². The second kappa shape index (κ2) is 7.16. The maximum absolute atomic E-state index is 13.5. The van der Waals surface area contributed by atoms with Crippen LogP contribution in [0, 0.1) is 5.82 Å². The largest absolute Gasteiger partial charge is 0.465 e. The number of nitrogens with zero attached hydrogens (tertiary/aromatic N) is 3. The molecule has 9 heteroatoms. The smallest absolute Gasteiger partial charge is 0.404 e. The summed E-state index contributed by atoms with van der Waals surface area (Å²) in [5.74, 6) is -0.511. The average Bonchev–Trinajstić information content (AvgIpc) is 2.56. The molecular formula is C16H19FN4O4. The van der Waals surface area contributed by atoms with E-state index in [1.54, 1.807) is 6.07 Å². The third-order valence-electron chi connectivity index (χ3n) is 4.42. The number of halogens is 1. The zero-order valence-electron chi connectivity index (χ0n) is 13.4. The van der Waals surface area contributed by atoms with E-state index in [2.05, 4.69) is 10.3 Å². The third-order valence-corrected chi connectivity index (χ3v) is 4.42. The van der Waals surface area contributed by atoms with Crippen molar-refractivity contribution in [1.82, 2.24) is 19.8 Å². The molecule has 3 N–H and O–H groups in total. The van der Waals surface area contributed by atoms with E-state index in [0.29, 0.717) is 43.6 Å². The first-order valence-electron chi connectivity index (χ1n) is 7.99. The van der Waals surface area contributed by atoms with Gasteiger partial charge in [-0.15, -0.1) is 0 Å². The number of fused-ring (bicyclic) bond motifs is 1. The molecule has 1 aliphatic heterocycles. The third kappa shape index (κ3) is 3.94. The van der Waals surface area contributed by atoms with Gasteiger partial charge in [0.05, 0.1) is 29.4 Å². The molecule has 25 heavy (non-hydrogen) atoms. The van der Waals surface area contributed by atoms with Crippen molar-refractivity contribution in [3.8, 4) is 0 Å². The van der Waals surface area contributed by atoms with Crippen molar-refractivity contribution in [1.29, 1.82) is 0 Å². The number of carboxylic acid groups (broad SMARTS) is 1. The standard InChI is InChI=1S/C16H19FN4O4/c17-10-7-13-11(18-8-10)1-2-15(23)21(13)6-5-20-4-3-12(14(22)9-20)19-16(24)25/h1-2,7-8,12,14,19,22H,3-6,9H2,(H,24,25)/t12-,14-/m0/s1. The number of carbonyl (C=O) groups is 1. The topological polar surface area (TPSA) is 108 Å². The molecule has 134 valence electrons. The Morgan fingerprint density at radius 2 is 2.20 bits per heavy atom. The highest BCUT2D eigenvalue weighted by Crippen LogP contribution is 2.13. The summed E-state index contributed by atoms with van der Waals surface area (Å²) in [5.41, 5.74) is 0.712. The van der Waals surface area contributed by atoms with Crippen LogP contribution in [0.3, 0.4) is 0 Å². The Morgan fingerprint density at radius 1 is 1.40 bits per heavy atom. The SMILES string of the molecule is O=C(O)N[C@H]1CCN(CCn2c(=O)ccc3ncc(F)cc32)C[C@@H]1O. The molecule has 3 rings (SSSR count). The van der Waals surface area contributed by atoms with Gasteiger partial charge in [0.15, 0.2) is 0 Å². The number of hydrogen-bond donors (Lipinski definition) is 3. The zero-order valence-corrected chi connectivity index (χ0v) is 13.4. The van der Waals surface area contributed by atoms with E-state index < -0.39 is 24.1 Å². The van der Waals surface area contributed by atoms with Crippen LogP contribution in [0.4, 0.5) is 9.18 Å². The Morgan fingerprint density at radius 3 is 2.92 bits per heavy atom. The lowest BCUT2D eigenvalue weighted by Crippen LogP contribution is -2.54. The zero-order chi connectivity index (χ0) is 18.0. The molecule has 2 atom stereocenters. The first kappa shape index (κ1) is 17.3. The van der Waals surface area contributed by atoms with Gasteiger partial charge >= 0.3 is 6.09 Å². The van der Waals surface area contributed by atoms with Gasteiger partial charge in [-0.05, 0) is 12.5 Å². The lowest BCUT2D eigenvalue weighted by Gasteiger charge is -2.35. The Balaban J connectivity index is 1.69. The molecular weight excluding hydrogens is 331 g/mol. The molecule has 2 aromatic rings. The molecule has 0 aromatic carbocycles. The molecule has 0 unspecified atom stereocenters. The van der Waals surface area contributed by atoms with Crippen molar-refractivity contribution in [2.75, 3.05) is 19.6 Å². The summed E-state index contributed by atoms with van der Waals surface area (Å²) < 4.78 is 14.9. The van der Waals surface area contributed by atoms with Crippen molar-refractivity contribution in [2.24, 2.45) is 0 Å². The number of aliphatic hydroxyl groups is 1. The number of rotatable bonds is 4. The van der Waals surface area contributed by atoms with E-state index in [4.69, 9.17) is 5.11 Å². The molecule has 1 saturated heterocycles. The first-order chi connectivity index (χ1) is 11.9. The summed E-state index contributed by atoms with van der Waals surface area (Å²) in [7, 11) is 0. The van der Waals surface area contributed by atoms with Crippen LogP contribution in [0.5, 0.6) is 0 Å². The molecule has 0 aliphatic carbocycles. The molecule has 0 saturated carbocycles. The molecule has 0 spiro atoms. The van der Waals surface area contributed by atoms with Crippen LogP contribution in [0.2, 0.25) is 0 Å². The molecule has 8 nitrogen and oxygen atoms in total. The van der Waals surface area contributed by atoms with Crippen molar-refractivity contribution in [3.63, 3.8) is 0 Å². The molecule has 3 heterocycles. The first-order valence-corrected chi connectivity index (χ1v) is 7.99. The highest BCUT2D eigenvalue weighted by atomic mass is 19.1. The van der Waals surface area contributed by atoms with Crippen molar-refractivity contribution >= 4 is 17.1 Å². The number of aromatic nitrogens is 2. The normalized spacial score (nSPS) is 21.4. The Kier molecular flexibility index (Phi) is 4.95. The Labute approximate surface area is 142 Å². The summed E-state index contributed by atoms with van der Waals surface area (Å²) in [4.78, 5) is 28.7. The number of likely N-dealkylation sites (tertiary alicyclic amines) is 1. The number of amides is 1. The minimum Gasteiger partial charge on any atom is -0.465 e. The van der Waals surface area contributed by atoms with E-state index in [9.17, 15) is 19.1 Å². The predicted octanol–water partition coefficient (Wildman–Crippen LogP) is 0.238. The van der Waals surface area contributed by atoms with Gasteiger partial charge in [-0.3, -0.25) is 14.7 Å². The van der Waals surface area contributed by atoms with Gasteiger partial charge in [-0.2, -0.15) is 0 Å². The van der Waals surface area contributed by atoms with E-state index in [1.165, 1.54) is 16.7 Å². The average molecular weight is 350 g/mol. The van der Waals surface area contributed by atoms with Gasteiger partial charge in [-0.25, -0.2) is 9.18 Å². The van der Waals surface area contributed by atoms with Gasteiger partial charge in [0, 0.05) is 38.3 Å². The monoisotopic (exact) mass is 350 g/mol. The minimum absolute atomic E-state index is 0.247. The predicted molar refractivity (Wildman–Crippen MR) is 88.0 cm³/mol. The number of β-amino-alcohol motifs (C(OH)–C–C–N with tert-alkyl or cyclic N) is 1. The fourth-order valence-electron chi connectivity index (χ4n) is 3.14. The number of nitrogens with one attached hydrogen (secondary N) is 1. The Hall–Kier alpha value is -2.52. The Bertz CT molecular complexity index is 840. The maximum Gasteiger partial charge on any atom is 0.404 e. The quantitative estimate of drug-likeness (QED) is 0.729. The van der Waals surface area contributed by atoms with Crippen LogP contribution >= 0.6 is 0 Å². The number of aliphatic hydroxyl groups excluding tert-OH is 1. The molecule has 0 bridgehead atoms. The highest BCUT2D eigenvalue weighted by Gasteiger charge is 2.28. The maximum atomic E-state index is 13.5. The van der Waals surface area contributed by atoms with Crippen LogP contribution in [0.1, 0.15) is 6.42 Å². The fraction of sp³-hybridized carbons (Fsp3) is 0.438. The molecule has 0 radical (unpaired) electrons. The summed E-state index contributed by atoms with van der Waals surface area (Å²) >= 11 is 0. The number of pyridine rings is 2. The molecule has 1 amide bonds. The van der Waals surface area contributed by atoms with E-state index in [0.717, 1.165) is 6.20 Å². The van der Waals surface area contributed by atoms with Gasteiger partial charge in [0.2, 0.25) is 0 Å². The van der Waals surface area contributed by atoms with Gasteiger partial charge in [-0.1, -0.05) is 0 Å².